The molecule has 0 atom stereocenters. The van der Waals surface area contributed by atoms with Gasteiger partial charge in [-0.2, -0.15) is 0 Å². The van der Waals surface area contributed by atoms with Crippen molar-refractivity contribution in [3.8, 4) is 33.7 Å². The first-order chi connectivity index (χ1) is 26.7. The smallest absolute Gasteiger partial charge is 0.227 e. The minimum absolute atomic E-state index is 0.592. The second kappa shape index (κ2) is 12.1. The van der Waals surface area contributed by atoms with Gasteiger partial charge in [-0.1, -0.05) is 109 Å². The monoisotopic (exact) mass is 694 g/mol. The first-order valence-electron chi connectivity index (χ1n) is 18.0. The third-order valence-electron chi connectivity index (χ3n) is 10.3. The van der Waals surface area contributed by atoms with Crippen molar-refractivity contribution in [2.75, 3.05) is 4.90 Å². The average molecular weight is 695 g/mol. The number of furan rings is 2. The SMILES string of the molecule is c1ccc(-c2ccc(N(c3cccc(-c4cccc5c4oc4ccc6nc(-c7ccccc7)oc6c45)c3)c3ccc4c(c3)oc3ccccc34)cc2)cc1. The zero-order chi connectivity index (χ0) is 35.6. The van der Waals surface area contributed by atoms with E-state index in [1.165, 1.54) is 5.56 Å². The Morgan fingerprint density at radius 1 is 0.370 bits per heavy atom. The summed E-state index contributed by atoms with van der Waals surface area (Å²) in [4.78, 5) is 7.11. The second-order valence-electron chi connectivity index (χ2n) is 13.5. The minimum atomic E-state index is 0.592. The van der Waals surface area contributed by atoms with Crippen molar-refractivity contribution in [1.29, 1.82) is 0 Å². The van der Waals surface area contributed by atoms with Crippen molar-refractivity contribution >= 4 is 72.0 Å². The summed E-state index contributed by atoms with van der Waals surface area (Å²) < 4.78 is 19.4. The number of aromatic nitrogens is 1. The van der Waals surface area contributed by atoms with Crippen LogP contribution in [-0.2, 0) is 0 Å². The quantitative estimate of drug-likeness (QED) is 0.173. The van der Waals surface area contributed by atoms with Crippen LogP contribution >= 0.6 is 0 Å². The van der Waals surface area contributed by atoms with Gasteiger partial charge >= 0.3 is 0 Å². The van der Waals surface area contributed by atoms with Gasteiger partial charge in [0, 0.05) is 50.4 Å². The lowest BCUT2D eigenvalue weighted by molar-refractivity contribution is 0.622. The van der Waals surface area contributed by atoms with Gasteiger partial charge in [-0.15, -0.1) is 0 Å². The van der Waals surface area contributed by atoms with Gasteiger partial charge in [-0.3, -0.25) is 0 Å². The molecule has 3 aromatic heterocycles. The molecule has 8 aromatic carbocycles. The Labute approximate surface area is 309 Å². The molecule has 11 rings (SSSR count). The Morgan fingerprint density at radius 2 is 1.04 bits per heavy atom. The zero-order valence-electron chi connectivity index (χ0n) is 28.9. The van der Waals surface area contributed by atoms with E-state index in [2.05, 4.69) is 126 Å². The normalized spacial score (nSPS) is 11.7. The number of hydrogen-bond acceptors (Lipinski definition) is 5. The Bertz CT molecular complexity index is 3160. The summed E-state index contributed by atoms with van der Waals surface area (Å²) in [5.74, 6) is 0.592. The van der Waals surface area contributed by atoms with Crippen LogP contribution in [0.4, 0.5) is 17.1 Å². The van der Waals surface area contributed by atoms with E-state index in [-0.39, 0.29) is 0 Å². The molecular formula is C49H30N2O3. The van der Waals surface area contributed by atoms with Crippen molar-refractivity contribution in [3.05, 3.63) is 182 Å². The van der Waals surface area contributed by atoms with Crippen molar-refractivity contribution in [3.63, 3.8) is 0 Å². The summed E-state index contributed by atoms with van der Waals surface area (Å²) >= 11 is 0. The summed E-state index contributed by atoms with van der Waals surface area (Å²) in [7, 11) is 0. The molecule has 54 heavy (non-hydrogen) atoms. The number of anilines is 3. The Hall–Kier alpha value is -7.37. The predicted molar refractivity (Wildman–Crippen MR) is 220 cm³/mol. The lowest BCUT2D eigenvalue weighted by Crippen LogP contribution is -2.10. The first-order valence-corrected chi connectivity index (χ1v) is 18.0. The molecule has 0 saturated carbocycles. The Balaban J connectivity index is 1.06. The summed E-state index contributed by atoms with van der Waals surface area (Å²) in [6.07, 6.45) is 0. The topological polar surface area (TPSA) is 55.6 Å². The molecule has 0 radical (unpaired) electrons. The zero-order valence-corrected chi connectivity index (χ0v) is 28.9. The average Bonchev–Trinajstić information content (AvgIpc) is 3.95. The number of para-hydroxylation sites is 2. The number of fused-ring (bicyclic) bond motifs is 8. The van der Waals surface area contributed by atoms with Gasteiger partial charge < -0.3 is 18.2 Å². The fourth-order valence-corrected chi connectivity index (χ4v) is 7.75. The fourth-order valence-electron chi connectivity index (χ4n) is 7.75. The Kier molecular flexibility index (Phi) is 6.79. The summed E-state index contributed by atoms with van der Waals surface area (Å²) in [6.45, 7) is 0. The van der Waals surface area contributed by atoms with E-state index in [0.717, 1.165) is 94.3 Å². The molecule has 0 aliphatic rings. The van der Waals surface area contributed by atoms with Crippen LogP contribution in [0.25, 0.3) is 88.7 Å². The molecule has 0 unspecified atom stereocenters. The third kappa shape index (κ3) is 4.90. The largest absolute Gasteiger partial charge is 0.456 e. The molecule has 0 fully saturated rings. The molecule has 5 nitrogen and oxygen atoms in total. The molecule has 0 spiro atoms. The van der Waals surface area contributed by atoms with Gasteiger partial charge in [-0.25, -0.2) is 4.98 Å². The molecular weight excluding hydrogens is 665 g/mol. The van der Waals surface area contributed by atoms with Crippen molar-refractivity contribution in [1.82, 2.24) is 4.98 Å². The van der Waals surface area contributed by atoms with E-state index in [0.29, 0.717) is 5.89 Å². The predicted octanol–water partition coefficient (Wildman–Crippen LogP) is 14.1. The van der Waals surface area contributed by atoms with Crippen LogP contribution in [-0.4, -0.2) is 4.98 Å². The number of benzene rings is 8. The highest BCUT2D eigenvalue weighted by molar-refractivity contribution is 6.18. The van der Waals surface area contributed by atoms with E-state index >= 15 is 0 Å². The van der Waals surface area contributed by atoms with Crippen molar-refractivity contribution < 1.29 is 13.3 Å². The molecule has 0 aliphatic carbocycles. The summed E-state index contributed by atoms with van der Waals surface area (Å²) in [5, 5.41) is 4.11. The van der Waals surface area contributed by atoms with Gasteiger partial charge in [0.25, 0.3) is 0 Å². The van der Waals surface area contributed by atoms with E-state index in [9.17, 15) is 0 Å². The molecule has 5 heteroatoms. The highest BCUT2D eigenvalue weighted by Crippen LogP contribution is 2.43. The van der Waals surface area contributed by atoms with E-state index in [1.54, 1.807) is 0 Å². The number of rotatable bonds is 6. The van der Waals surface area contributed by atoms with E-state index in [4.69, 9.17) is 18.2 Å². The van der Waals surface area contributed by atoms with Crippen LogP contribution in [0.2, 0.25) is 0 Å². The molecule has 254 valence electrons. The van der Waals surface area contributed by atoms with Gasteiger partial charge in [0.05, 0.1) is 5.39 Å². The highest BCUT2D eigenvalue weighted by Gasteiger charge is 2.21. The summed E-state index contributed by atoms with van der Waals surface area (Å²) in [5.41, 5.74) is 13.1. The molecule has 3 heterocycles. The maximum Gasteiger partial charge on any atom is 0.227 e. The lowest BCUT2D eigenvalue weighted by atomic mass is 10.0. The fraction of sp³-hybridized carbons (Fsp3) is 0. The van der Waals surface area contributed by atoms with Crippen LogP contribution in [0.1, 0.15) is 0 Å². The van der Waals surface area contributed by atoms with Crippen LogP contribution < -0.4 is 4.90 Å². The van der Waals surface area contributed by atoms with Gasteiger partial charge in [0.15, 0.2) is 5.58 Å². The molecule has 0 saturated heterocycles. The van der Waals surface area contributed by atoms with Crippen LogP contribution in [0.5, 0.6) is 0 Å². The van der Waals surface area contributed by atoms with E-state index < -0.39 is 0 Å². The highest BCUT2D eigenvalue weighted by atomic mass is 16.4. The molecule has 0 bridgehead atoms. The summed E-state index contributed by atoms with van der Waals surface area (Å²) in [6, 6.07) is 62.8. The molecule has 0 N–H and O–H groups in total. The maximum atomic E-state index is 6.65. The standard InChI is InChI=1S/C49H30N2O3/c1-3-11-31(12-4-1)32-21-23-35(24-22-32)51(37-25-26-40-39-17-7-8-20-43(39)52-45(40)30-37)36-16-9-15-34(29-36)38-18-10-19-41-46-44(53-47(38)41)28-27-42-48(46)54-49(50-42)33-13-5-2-6-14-33/h1-30H. The van der Waals surface area contributed by atoms with Crippen molar-refractivity contribution in [2.24, 2.45) is 0 Å². The maximum absolute atomic E-state index is 6.65. The van der Waals surface area contributed by atoms with E-state index in [1.807, 2.05) is 60.7 Å². The van der Waals surface area contributed by atoms with Crippen LogP contribution in [0.15, 0.2) is 195 Å². The van der Waals surface area contributed by atoms with Gasteiger partial charge in [-0.05, 0) is 83.4 Å². The van der Waals surface area contributed by atoms with Crippen molar-refractivity contribution in [2.45, 2.75) is 0 Å². The minimum Gasteiger partial charge on any atom is -0.456 e. The molecule has 0 aliphatic heterocycles. The lowest BCUT2D eigenvalue weighted by Gasteiger charge is -2.26. The van der Waals surface area contributed by atoms with Gasteiger partial charge in [0.2, 0.25) is 5.89 Å². The number of hydrogen-bond donors (Lipinski definition) is 0. The Morgan fingerprint density at radius 3 is 1.89 bits per heavy atom. The van der Waals surface area contributed by atoms with Crippen LogP contribution in [0.3, 0.4) is 0 Å². The number of nitrogens with zero attached hydrogens (tertiary/aromatic N) is 2. The molecule has 0 amide bonds. The second-order valence-corrected chi connectivity index (χ2v) is 13.5. The first kappa shape index (κ1) is 30.3. The van der Waals surface area contributed by atoms with Crippen LogP contribution in [0, 0.1) is 0 Å². The van der Waals surface area contributed by atoms with Gasteiger partial charge in [0.1, 0.15) is 27.8 Å². The number of oxazole rings is 1. The molecule has 11 aromatic rings. The third-order valence-corrected chi connectivity index (χ3v) is 10.3.